The predicted molar refractivity (Wildman–Crippen MR) is 69.3 cm³/mol. The molecule has 1 saturated carbocycles. The Labute approximate surface area is 108 Å². The van der Waals surface area contributed by atoms with Crippen molar-refractivity contribution in [3.05, 3.63) is 35.4 Å². The quantitative estimate of drug-likeness (QED) is 0.848. The number of rotatable bonds is 4. The lowest BCUT2D eigenvalue weighted by molar-refractivity contribution is 0.346. The zero-order valence-corrected chi connectivity index (χ0v) is 11.0. The van der Waals surface area contributed by atoms with E-state index in [0.717, 1.165) is 6.07 Å². The summed E-state index contributed by atoms with van der Waals surface area (Å²) in [7, 11) is 0. The highest BCUT2D eigenvalue weighted by Gasteiger charge is 2.24. The standard InChI is InChI=1S/C15H21F2N/c1-10(12-6-3-4-7-12)18-11(2)13-8-5-9-14(16)15(13)17/h5,8-12,18H,3-4,6-7H2,1-2H3. The molecule has 2 unspecified atom stereocenters. The molecular formula is C15H21F2N. The minimum absolute atomic E-state index is 0.156. The van der Waals surface area contributed by atoms with Crippen molar-refractivity contribution >= 4 is 0 Å². The summed E-state index contributed by atoms with van der Waals surface area (Å²) in [6, 6.07) is 4.57. The lowest BCUT2D eigenvalue weighted by Crippen LogP contribution is -2.34. The Hall–Kier alpha value is -0.960. The van der Waals surface area contributed by atoms with Crippen LogP contribution in [-0.2, 0) is 0 Å². The van der Waals surface area contributed by atoms with Gasteiger partial charge in [0.05, 0.1) is 0 Å². The largest absolute Gasteiger partial charge is 0.307 e. The van der Waals surface area contributed by atoms with E-state index in [2.05, 4.69) is 12.2 Å². The van der Waals surface area contributed by atoms with Crippen molar-refractivity contribution < 1.29 is 8.78 Å². The molecule has 0 bridgehead atoms. The SMILES string of the molecule is CC(NC(C)C1CCCC1)c1cccc(F)c1F. The molecule has 18 heavy (non-hydrogen) atoms. The lowest BCUT2D eigenvalue weighted by atomic mass is 9.97. The van der Waals surface area contributed by atoms with Crippen molar-refractivity contribution in [2.45, 2.75) is 51.6 Å². The Morgan fingerprint density at radius 2 is 1.83 bits per heavy atom. The first-order chi connectivity index (χ1) is 8.59. The summed E-state index contributed by atoms with van der Waals surface area (Å²) in [5, 5.41) is 3.40. The number of nitrogens with one attached hydrogen (secondary N) is 1. The van der Waals surface area contributed by atoms with Crippen LogP contribution >= 0.6 is 0 Å². The molecule has 2 rings (SSSR count). The maximum absolute atomic E-state index is 13.7. The van der Waals surface area contributed by atoms with E-state index in [1.165, 1.54) is 25.7 Å². The van der Waals surface area contributed by atoms with E-state index in [1.54, 1.807) is 12.1 Å². The van der Waals surface area contributed by atoms with E-state index in [9.17, 15) is 8.78 Å². The maximum Gasteiger partial charge on any atom is 0.163 e. The maximum atomic E-state index is 13.7. The Kier molecular flexibility index (Phi) is 4.33. The van der Waals surface area contributed by atoms with Gasteiger partial charge in [-0.3, -0.25) is 0 Å². The molecule has 1 aromatic rings. The fourth-order valence-electron chi connectivity index (χ4n) is 2.93. The van der Waals surface area contributed by atoms with Crippen LogP contribution in [0.1, 0.15) is 51.1 Å². The second-order valence-corrected chi connectivity index (χ2v) is 5.36. The summed E-state index contributed by atoms with van der Waals surface area (Å²) in [4.78, 5) is 0. The lowest BCUT2D eigenvalue weighted by Gasteiger charge is -2.25. The van der Waals surface area contributed by atoms with Crippen LogP contribution in [0.3, 0.4) is 0 Å². The molecule has 1 aliphatic carbocycles. The van der Waals surface area contributed by atoms with Crippen LogP contribution in [0.15, 0.2) is 18.2 Å². The molecule has 2 atom stereocenters. The first-order valence-electron chi connectivity index (χ1n) is 6.79. The fraction of sp³-hybridized carbons (Fsp3) is 0.600. The third kappa shape index (κ3) is 2.89. The fourth-order valence-corrected chi connectivity index (χ4v) is 2.93. The summed E-state index contributed by atoms with van der Waals surface area (Å²) >= 11 is 0. The molecule has 1 N–H and O–H groups in total. The average Bonchev–Trinajstić information content (AvgIpc) is 2.86. The van der Waals surface area contributed by atoms with Crippen molar-refractivity contribution in [1.82, 2.24) is 5.32 Å². The van der Waals surface area contributed by atoms with Crippen LogP contribution in [0.5, 0.6) is 0 Å². The Morgan fingerprint density at radius 3 is 2.50 bits per heavy atom. The van der Waals surface area contributed by atoms with Crippen LogP contribution in [0.4, 0.5) is 8.78 Å². The molecule has 1 aliphatic rings. The van der Waals surface area contributed by atoms with Gasteiger partial charge in [0.2, 0.25) is 0 Å². The van der Waals surface area contributed by atoms with E-state index in [0.29, 0.717) is 17.5 Å². The van der Waals surface area contributed by atoms with Gasteiger partial charge in [0.25, 0.3) is 0 Å². The van der Waals surface area contributed by atoms with Crippen molar-refractivity contribution in [3.63, 3.8) is 0 Å². The molecule has 0 aliphatic heterocycles. The van der Waals surface area contributed by atoms with Crippen LogP contribution in [0, 0.1) is 17.6 Å². The van der Waals surface area contributed by atoms with Crippen LogP contribution < -0.4 is 5.32 Å². The summed E-state index contributed by atoms with van der Waals surface area (Å²) < 4.78 is 26.8. The van der Waals surface area contributed by atoms with Crippen molar-refractivity contribution in [2.75, 3.05) is 0 Å². The molecule has 1 fully saturated rings. The minimum Gasteiger partial charge on any atom is -0.307 e. The average molecular weight is 253 g/mol. The van der Waals surface area contributed by atoms with Gasteiger partial charge in [0.15, 0.2) is 11.6 Å². The van der Waals surface area contributed by atoms with Crippen molar-refractivity contribution in [2.24, 2.45) is 5.92 Å². The Morgan fingerprint density at radius 1 is 1.17 bits per heavy atom. The van der Waals surface area contributed by atoms with Crippen molar-refractivity contribution in [1.29, 1.82) is 0 Å². The molecular weight excluding hydrogens is 232 g/mol. The Balaban J connectivity index is 2.02. The smallest absolute Gasteiger partial charge is 0.163 e. The summed E-state index contributed by atoms with van der Waals surface area (Å²) in [6.45, 7) is 4.03. The van der Waals surface area contributed by atoms with Gasteiger partial charge in [-0.15, -0.1) is 0 Å². The zero-order chi connectivity index (χ0) is 13.1. The third-order valence-electron chi connectivity index (χ3n) is 4.07. The van der Waals surface area contributed by atoms with Crippen molar-refractivity contribution in [3.8, 4) is 0 Å². The topological polar surface area (TPSA) is 12.0 Å². The molecule has 0 aromatic heterocycles. The van der Waals surface area contributed by atoms with Crippen LogP contribution in [-0.4, -0.2) is 6.04 Å². The van der Waals surface area contributed by atoms with Gasteiger partial charge in [-0.1, -0.05) is 25.0 Å². The minimum atomic E-state index is -0.769. The van der Waals surface area contributed by atoms with E-state index in [1.807, 2.05) is 6.92 Å². The van der Waals surface area contributed by atoms with Gasteiger partial charge in [-0.2, -0.15) is 0 Å². The summed E-state index contributed by atoms with van der Waals surface area (Å²) in [5.41, 5.74) is 0.417. The highest BCUT2D eigenvalue weighted by atomic mass is 19.2. The molecule has 0 amide bonds. The summed E-state index contributed by atoms with van der Waals surface area (Å²) in [5.74, 6) is -0.824. The van der Waals surface area contributed by atoms with Gasteiger partial charge < -0.3 is 5.32 Å². The van der Waals surface area contributed by atoms with Gasteiger partial charge in [-0.25, -0.2) is 8.78 Å². The molecule has 3 heteroatoms. The van der Waals surface area contributed by atoms with E-state index in [4.69, 9.17) is 0 Å². The van der Waals surface area contributed by atoms with Gasteiger partial charge in [0, 0.05) is 17.6 Å². The molecule has 1 nitrogen and oxygen atoms in total. The number of benzene rings is 1. The number of hydrogen-bond donors (Lipinski definition) is 1. The van der Waals surface area contributed by atoms with Gasteiger partial charge >= 0.3 is 0 Å². The Bertz CT molecular complexity index is 399. The van der Waals surface area contributed by atoms with E-state index in [-0.39, 0.29) is 6.04 Å². The molecule has 0 saturated heterocycles. The highest BCUT2D eigenvalue weighted by molar-refractivity contribution is 5.22. The third-order valence-corrected chi connectivity index (χ3v) is 4.07. The first kappa shape index (κ1) is 13.5. The molecule has 100 valence electrons. The molecule has 1 aromatic carbocycles. The van der Waals surface area contributed by atoms with E-state index < -0.39 is 11.6 Å². The van der Waals surface area contributed by atoms with E-state index >= 15 is 0 Å². The molecule has 0 spiro atoms. The second-order valence-electron chi connectivity index (χ2n) is 5.36. The number of halogens is 2. The monoisotopic (exact) mass is 253 g/mol. The van der Waals surface area contributed by atoms with Gasteiger partial charge in [0.1, 0.15) is 0 Å². The normalized spacial score (nSPS) is 20.0. The predicted octanol–water partition coefficient (Wildman–Crippen LogP) is 4.19. The second kappa shape index (κ2) is 5.79. The van der Waals surface area contributed by atoms with Crippen LogP contribution in [0.2, 0.25) is 0 Å². The highest BCUT2D eigenvalue weighted by Crippen LogP contribution is 2.29. The zero-order valence-electron chi connectivity index (χ0n) is 11.0. The van der Waals surface area contributed by atoms with Gasteiger partial charge in [-0.05, 0) is 38.7 Å². The molecule has 0 heterocycles. The first-order valence-corrected chi connectivity index (χ1v) is 6.79. The number of hydrogen-bond acceptors (Lipinski definition) is 1. The summed E-state index contributed by atoms with van der Waals surface area (Å²) in [6.07, 6.45) is 5.07. The van der Waals surface area contributed by atoms with Crippen LogP contribution in [0.25, 0.3) is 0 Å². The molecule has 0 radical (unpaired) electrons.